The first-order chi connectivity index (χ1) is 15.4. The number of halogens is 1. The van der Waals surface area contributed by atoms with E-state index >= 15 is 0 Å². The molecule has 168 valence electrons. The van der Waals surface area contributed by atoms with Gasteiger partial charge in [-0.1, -0.05) is 12.1 Å². The monoisotopic (exact) mass is 441 g/mol. The van der Waals surface area contributed by atoms with Crippen molar-refractivity contribution in [1.29, 1.82) is 0 Å². The predicted molar refractivity (Wildman–Crippen MR) is 112 cm³/mol. The fraction of sp³-hybridized carbons (Fsp3) is 0.364. The van der Waals surface area contributed by atoms with Crippen LogP contribution in [0.25, 0.3) is 11.3 Å². The van der Waals surface area contributed by atoms with Crippen molar-refractivity contribution in [2.45, 2.75) is 6.54 Å². The van der Waals surface area contributed by atoms with Crippen LogP contribution in [0.15, 0.2) is 42.5 Å². The second-order valence-electron chi connectivity index (χ2n) is 8.48. The normalized spacial score (nSPS) is 20.6. The van der Waals surface area contributed by atoms with Crippen LogP contribution >= 0.6 is 0 Å². The highest BCUT2D eigenvalue weighted by atomic mass is 19.1. The quantitative estimate of drug-likeness (QED) is 0.644. The lowest BCUT2D eigenvalue weighted by Gasteiger charge is -2.21. The number of nitrogens with zero attached hydrogens (tertiary/aromatic N) is 5. The molecule has 10 heteroatoms. The second-order valence-corrected chi connectivity index (χ2v) is 8.48. The van der Waals surface area contributed by atoms with Gasteiger partial charge in [-0.15, -0.1) is 4.73 Å². The summed E-state index contributed by atoms with van der Waals surface area (Å²) < 4.78 is 16.1. The summed E-state index contributed by atoms with van der Waals surface area (Å²) in [7, 11) is 1.89. The Morgan fingerprint density at radius 1 is 1.09 bits per heavy atom. The summed E-state index contributed by atoms with van der Waals surface area (Å²) in [5.74, 6) is -0.312. The molecule has 3 aromatic rings. The molecule has 1 amide bonds. The Morgan fingerprint density at radius 3 is 2.44 bits per heavy atom. The Kier molecular flexibility index (Phi) is 5.01. The standard InChI is InChI=1S/C22H24FN5O4/c1-25-18(8-19(24-25)14-3-2-4-17(23)7-14)13-26-9-15-11-27(12-16(15)10-26)22(31)32-28-20(29)5-6-21(28)30/h2-8,15-16,29-30H,9-13H2,1H3. The highest BCUT2D eigenvalue weighted by Crippen LogP contribution is 2.32. The van der Waals surface area contributed by atoms with Gasteiger partial charge in [0.25, 0.3) is 0 Å². The van der Waals surface area contributed by atoms with Crippen LogP contribution in [0.2, 0.25) is 0 Å². The summed E-state index contributed by atoms with van der Waals surface area (Å²) >= 11 is 0. The highest BCUT2D eigenvalue weighted by molar-refractivity contribution is 5.68. The van der Waals surface area contributed by atoms with Crippen molar-refractivity contribution in [2.24, 2.45) is 18.9 Å². The van der Waals surface area contributed by atoms with E-state index in [-0.39, 0.29) is 17.6 Å². The molecule has 2 aliphatic heterocycles. The Hall–Kier alpha value is -3.53. The van der Waals surface area contributed by atoms with Crippen molar-refractivity contribution in [1.82, 2.24) is 24.3 Å². The van der Waals surface area contributed by atoms with E-state index in [1.807, 2.05) is 23.9 Å². The molecule has 4 heterocycles. The van der Waals surface area contributed by atoms with Crippen LogP contribution in [0.3, 0.4) is 0 Å². The molecular formula is C22H24FN5O4. The number of likely N-dealkylation sites (tertiary alicyclic amines) is 2. The lowest BCUT2D eigenvalue weighted by Crippen LogP contribution is -2.37. The van der Waals surface area contributed by atoms with Gasteiger partial charge in [-0.3, -0.25) is 9.58 Å². The largest absolute Gasteiger partial charge is 0.492 e. The molecule has 0 saturated carbocycles. The molecule has 2 aliphatic rings. The van der Waals surface area contributed by atoms with E-state index in [0.29, 0.717) is 29.7 Å². The fourth-order valence-corrected chi connectivity index (χ4v) is 4.67. The van der Waals surface area contributed by atoms with Gasteiger partial charge in [0.1, 0.15) is 5.82 Å². The van der Waals surface area contributed by atoms with Gasteiger partial charge in [0, 0.05) is 57.5 Å². The number of benzene rings is 1. The van der Waals surface area contributed by atoms with Crippen LogP contribution in [0, 0.1) is 17.7 Å². The molecule has 2 unspecified atom stereocenters. The molecule has 0 bridgehead atoms. The molecule has 2 fully saturated rings. The van der Waals surface area contributed by atoms with Crippen molar-refractivity contribution in [3.8, 4) is 23.0 Å². The number of hydrogen-bond acceptors (Lipinski definition) is 6. The van der Waals surface area contributed by atoms with Crippen LogP contribution in [0.4, 0.5) is 9.18 Å². The number of carbonyl (C=O) groups excluding carboxylic acids is 1. The third-order valence-corrected chi connectivity index (χ3v) is 6.27. The third kappa shape index (κ3) is 3.77. The van der Waals surface area contributed by atoms with E-state index in [4.69, 9.17) is 4.84 Å². The van der Waals surface area contributed by atoms with Crippen molar-refractivity contribution >= 4 is 6.09 Å². The third-order valence-electron chi connectivity index (χ3n) is 6.27. The molecule has 2 atom stereocenters. The molecule has 32 heavy (non-hydrogen) atoms. The van der Waals surface area contributed by atoms with Gasteiger partial charge >= 0.3 is 6.09 Å². The van der Waals surface area contributed by atoms with Gasteiger partial charge < -0.3 is 20.0 Å². The Morgan fingerprint density at radius 2 is 1.78 bits per heavy atom. The molecule has 2 N–H and O–H groups in total. The van der Waals surface area contributed by atoms with Crippen molar-refractivity contribution in [3.05, 3.63) is 54.0 Å². The summed E-state index contributed by atoms with van der Waals surface area (Å²) in [4.78, 5) is 21.5. The number of amides is 1. The molecule has 0 spiro atoms. The maximum Gasteiger partial charge on any atom is 0.434 e. The van der Waals surface area contributed by atoms with E-state index in [2.05, 4.69) is 10.00 Å². The number of fused-ring (bicyclic) bond motifs is 1. The Bertz CT molecular complexity index is 1130. The van der Waals surface area contributed by atoms with E-state index in [1.54, 1.807) is 11.0 Å². The summed E-state index contributed by atoms with van der Waals surface area (Å²) in [6, 6.07) is 10.9. The number of carbonyl (C=O) groups is 1. The average molecular weight is 441 g/mol. The smallest absolute Gasteiger partial charge is 0.434 e. The molecule has 0 aliphatic carbocycles. The molecule has 5 rings (SSSR count). The topological polar surface area (TPSA) is 96.0 Å². The summed E-state index contributed by atoms with van der Waals surface area (Å²) in [5.41, 5.74) is 2.53. The van der Waals surface area contributed by atoms with Crippen molar-refractivity contribution in [2.75, 3.05) is 26.2 Å². The zero-order valence-electron chi connectivity index (χ0n) is 17.6. The number of aromatic nitrogens is 3. The minimum absolute atomic E-state index is 0.285. The molecule has 2 aromatic heterocycles. The highest BCUT2D eigenvalue weighted by Gasteiger charge is 2.42. The average Bonchev–Trinajstić information content (AvgIpc) is 3.49. The van der Waals surface area contributed by atoms with Crippen LogP contribution in [-0.2, 0) is 13.6 Å². The van der Waals surface area contributed by atoms with Gasteiger partial charge in [-0.25, -0.2) is 9.18 Å². The van der Waals surface area contributed by atoms with Gasteiger partial charge in [-0.2, -0.15) is 5.10 Å². The molecule has 9 nitrogen and oxygen atoms in total. The second kappa shape index (κ2) is 7.86. The maximum atomic E-state index is 13.5. The lowest BCUT2D eigenvalue weighted by atomic mass is 10.0. The zero-order valence-corrected chi connectivity index (χ0v) is 17.6. The minimum Gasteiger partial charge on any atom is -0.492 e. The van der Waals surface area contributed by atoms with Gasteiger partial charge in [0.05, 0.1) is 11.4 Å². The van der Waals surface area contributed by atoms with Crippen LogP contribution in [0.1, 0.15) is 5.69 Å². The minimum atomic E-state index is -0.598. The van der Waals surface area contributed by atoms with E-state index in [1.165, 1.54) is 24.3 Å². The number of rotatable bonds is 4. The number of aromatic hydroxyl groups is 2. The SMILES string of the molecule is Cn1nc(-c2cccc(F)c2)cc1CN1CC2CN(C(=O)On3c(O)ccc3O)CC2C1. The van der Waals surface area contributed by atoms with Crippen molar-refractivity contribution < 1.29 is 24.2 Å². The van der Waals surface area contributed by atoms with E-state index in [0.717, 1.165) is 36.6 Å². The first-order valence-electron chi connectivity index (χ1n) is 10.5. The number of hydrogen-bond donors (Lipinski definition) is 2. The van der Waals surface area contributed by atoms with Crippen LogP contribution < -0.4 is 4.84 Å². The summed E-state index contributed by atoms with van der Waals surface area (Å²) in [6.45, 7) is 3.52. The summed E-state index contributed by atoms with van der Waals surface area (Å²) in [6.07, 6.45) is -0.598. The first kappa shape index (κ1) is 20.4. The Labute approximate surface area is 183 Å². The van der Waals surface area contributed by atoms with Crippen LogP contribution in [-0.4, -0.2) is 66.8 Å². The molecule has 2 saturated heterocycles. The van der Waals surface area contributed by atoms with Gasteiger partial charge in [-0.05, 0) is 30.0 Å². The first-order valence-corrected chi connectivity index (χ1v) is 10.5. The predicted octanol–water partition coefficient (Wildman–Crippen LogP) is 2.05. The zero-order chi connectivity index (χ0) is 22.4. The maximum absolute atomic E-state index is 13.5. The molecule has 0 radical (unpaired) electrons. The van der Waals surface area contributed by atoms with E-state index in [9.17, 15) is 19.4 Å². The van der Waals surface area contributed by atoms with Gasteiger partial charge in [0.2, 0.25) is 11.8 Å². The fourth-order valence-electron chi connectivity index (χ4n) is 4.67. The van der Waals surface area contributed by atoms with Crippen LogP contribution in [0.5, 0.6) is 11.8 Å². The molecular weight excluding hydrogens is 417 g/mol. The van der Waals surface area contributed by atoms with Gasteiger partial charge in [0.15, 0.2) is 0 Å². The lowest BCUT2D eigenvalue weighted by molar-refractivity contribution is 0.0773. The van der Waals surface area contributed by atoms with E-state index < -0.39 is 6.09 Å². The summed E-state index contributed by atoms with van der Waals surface area (Å²) in [5, 5.41) is 23.8. The van der Waals surface area contributed by atoms with Crippen molar-refractivity contribution in [3.63, 3.8) is 0 Å². The molecule has 1 aromatic carbocycles. The number of aryl methyl sites for hydroxylation is 1. The Balaban J connectivity index is 1.19.